The van der Waals surface area contributed by atoms with Crippen LogP contribution in [0.4, 0.5) is 5.69 Å². The Labute approximate surface area is 172 Å². The van der Waals surface area contributed by atoms with Crippen molar-refractivity contribution in [2.45, 2.75) is 17.6 Å². The van der Waals surface area contributed by atoms with Gasteiger partial charge in [-0.05, 0) is 29.8 Å². The lowest BCUT2D eigenvalue weighted by atomic mass is 10.0. The number of nitrogens with zero attached hydrogens (tertiary/aromatic N) is 2. The molecular formula is C19H16ClN3O2S2. The largest absolute Gasteiger partial charge is 0.479 e. The van der Waals surface area contributed by atoms with Gasteiger partial charge in [0.2, 0.25) is 0 Å². The molecule has 8 heteroatoms. The lowest BCUT2D eigenvalue weighted by Gasteiger charge is -2.31. The second kappa shape index (κ2) is 8.56. The smallest absolute Gasteiger partial charge is 0.331 e. The molecule has 1 atom stereocenters. The third-order valence-electron chi connectivity index (χ3n) is 3.92. The van der Waals surface area contributed by atoms with E-state index in [9.17, 15) is 9.90 Å². The van der Waals surface area contributed by atoms with Gasteiger partial charge in [0.25, 0.3) is 0 Å². The summed E-state index contributed by atoms with van der Waals surface area (Å²) in [6.07, 6.45) is 0. The number of nitrogens with one attached hydrogen (secondary N) is 1. The molecule has 0 saturated carbocycles. The lowest BCUT2D eigenvalue weighted by molar-refractivity contribution is -0.138. The summed E-state index contributed by atoms with van der Waals surface area (Å²) in [5.74, 6) is -0.457. The van der Waals surface area contributed by atoms with Crippen molar-refractivity contribution < 1.29 is 9.90 Å². The van der Waals surface area contributed by atoms with E-state index in [-0.39, 0.29) is 6.54 Å². The Bertz CT molecular complexity index is 994. The highest BCUT2D eigenvalue weighted by Crippen LogP contribution is 2.30. The van der Waals surface area contributed by atoms with Gasteiger partial charge in [0.15, 0.2) is 6.04 Å². The highest BCUT2D eigenvalue weighted by Gasteiger charge is 2.28. The maximum Gasteiger partial charge on any atom is 0.331 e. The number of H-pyrrole nitrogens is 1. The number of carboxylic acid groups (broad SMARTS) is 1. The van der Waals surface area contributed by atoms with Crippen molar-refractivity contribution in [3.05, 3.63) is 81.7 Å². The van der Waals surface area contributed by atoms with Gasteiger partial charge in [-0.1, -0.05) is 54.2 Å². The van der Waals surface area contributed by atoms with Crippen molar-refractivity contribution in [3.8, 4) is 0 Å². The normalized spacial score (nSPS) is 11.8. The molecule has 0 amide bonds. The summed E-state index contributed by atoms with van der Waals surface area (Å²) in [6, 6.07) is 16.7. The predicted octanol–water partition coefficient (Wildman–Crippen LogP) is 4.91. The molecule has 0 fully saturated rings. The number of thiol groups is 1. The number of aromatic amines is 1. The van der Waals surface area contributed by atoms with Crippen LogP contribution in [0.5, 0.6) is 0 Å². The number of carbonyl (C=O) groups is 1. The van der Waals surface area contributed by atoms with Crippen LogP contribution in [-0.2, 0) is 11.3 Å². The molecule has 0 spiro atoms. The van der Waals surface area contributed by atoms with Crippen molar-refractivity contribution in [1.82, 2.24) is 9.97 Å². The average Bonchev–Trinajstić information content (AvgIpc) is 2.62. The molecule has 0 saturated heterocycles. The van der Waals surface area contributed by atoms with Gasteiger partial charge in [-0.2, -0.15) is 0 Å². The van der Waals surface area contributed by atoms with Crippen molar-refractivity contribution in [3.63, 3.8) is 0 Å². The molecule has 1 heterocycles. The number of halogens is 1. The fourth-order valence-electron chi connectivity index (χ4n) is 2.79. The lowest BCUT2D eigenvalue weighted by Crippen LogP contribution is -2.34. The van der Waals surface area contributed by atoms with Gasteiger partial charge in [-0.25, -0.2) is 9.78 Å². The number of hydrogen-bond donors (Lipinski definition) is 3. The summed E-state index contributed by atoms with van der Waals surface area (Å²) in [5.41, 5.74) is 1.35. The van der Waals surface area contributed by atoms with E-state index in [4.69, 9.17) is 23.8 Å². The standard InChI is InChI=1S/C19H16ClN3O2S2/c20-13-6-8-14(9-7-13)23(11-15-21-16(26)10-17(27)22-15)18(19(24)25)12-4-2-1-3-5-12/h1-10,18H,11H2,(H,24,25)(H2,21,22,26,27). The van der Waals surface area contributed by atoms with E-state index in [2.05, 4.69) is 22.6 Å². The molecule has 138 valence electrons. The highest BCUT2D eigenvalue weighted by atomic mass is 35.5. The Morgan fingerprint density at radius 2 is 1.89 bits per heavy atom. The van der Waals surface area contributed by atoms with E-state index in [0.29, 0.717) is 31.8 Å². The van der Waals surface area contributed by atoms with E-state index >= 15 is 0 Å². The quantitative estimate of drug-likeness (QED) is 0.302. The molecule has 27 heavy (non-hydrogen) atoms. The number of carboxylic acids is 1. The second-order valence-electron chi connectivity index (χ2n) is 5.81. The van der Waals surface area contributed by atoms with Crippen LogP contribution in [-0.4, -0.2) is 21.0 Å². The van der Waals surface area contributed by atoms with Crippen molar-refractivity contribution in [1.29, 1.82) is 0 Å². The summed E-state index contributed by atoms with van der Waals surface area (Å²) in [5, 5.41) is 11.0. The Balaban J connectivity index is 2.09. The summed E-state index contributed by atoms with van der Waals surface area (Å²) in [6.45, 7) is 0.200. The first kappa shape index (κ1) is 19.4. The topological polar surface area (TPSA) is 69.2 Å². The van der Waals surface area contributed by atoms with Crippen molar-refractivity contribution in [2.75, 3.05) is 4.90 Å². The molecule has 2 N–H and O–H groups in total. The van der Waals surface area contributed by atoms with Crippen LogP contribution in [0.3, 0.4) is 0 Å². The molecule has 0 aliphatic carbocycles. The molecule has 0 aliphatic heterocycles. The van der Waals surface area contributed by atoms with Gasteiger partial charge >= 0.3 is 5.97 Å². The van der Waals surface area contributed by atoms with Gasteiger partial charge in [0.1, 0.15) is 10.5 Å². The Kier molecular flexibility index (Phi) is 6.15. The Morgan fingerprint density at radius 1 is 1.22 bits per heavy atom. The van der Waals surface area contributed by atoms with E-state index in [1.165, 1.54) is 0 Å². The number of benzene rings is 2. The minimum Gasteiger partial charge on any atom is -0.479 e. The van der Waals surface area contributed by atoms with Crippen LogP contribution in [0.15, 0.2) is 65.7 Å². The van der Waals surface area contributed by atoms with Gasteiger partial charge < -0.3 is 15.0 Å². The van der Waals surface area contributed by atoms with Crippen molar-refractivity contribution >= 4 is 48.1 Å². The number of anilines is 1. The maximum absolute atomic E-state index is 12.2. The highest BCUT2D eigenvalue weighted by molar-refractivity contribution is 7.80. The zero-order chi connectivity index (χ0) is 19.4. The number of aromatic nitrogens is 2. The van der Waals surface area contributed by atoms with Crippen LogP contribution in [0, 0.1) is 4.64 Å². The monoisotopic (exact) mass is 417 g/mol. The molecule has 0 radical (unpaired) electrons. The minimum atomic E-state index is -0.975. The zero-order valence-corrected chi connectivity index (χ0v) is 16.5. The molecule has 3 rings (SSSR count). The van der Waals surface area contributed by atoms with Gasteiger partial charge in [0.05, 0.1) is 11.6 Å². The first-order valence-corrected chi connectivity index (χ1v) is 9.26. The summed E-state index contributed by atoms with van der Waals surface area (Å²) >= 11 is 15.4. The molecule has 2 aromatic carbocycles. The van der Waals surface area contributed by atoms with Crippen LogP contribution in [0.1, 0.15) is 17.4 Å². The van der Waals surface area contributed by atoms with E-state index < -0.39 is 12.0 Å². The zero-order valence-electron chi connectivity index (χ0n) is 14.0. The Hall–Kier alpha value is -2.35. The Morgan fingerprint density at radius 3 is 2.48 bits per heavy atom. The third-order valence-corrected chi connectivity index (χ3v) is 4.62. The number of hydrogen-bond acceptors (Lipinski definition) is 5. The fraction of sp³-hybridized carbons (Fsp3) is 0.105. The van der Waals surface area contributed by atoms with Gasteiger partial charge in [-0.15, -0.1) is 12.6 Å². The maximum atomic E-state index is 12.2. The fourth-order valence-corrected chi connectivity index (χ4v) is 3.48. The molecular weight excluding hydrogens is 402 g/mol. The SMILES string of the molecule is O=C(O)C(c1ccccc1)N(Cc1nc(S)cc(=S)[nH]1)c1ccc(Cl)cc1. The number of rotatable bonds is 6. The van der Waals surface area contributed by atoms with Crippen LogP contribution in [0.2, 0.25) is 5.02 Å². The first-order valence-electron chi connectivity index (χ1n) is 8.03. The number of aliphatic carboxylic acids is 1. The van der Waals surface area contributed by atoms with Gasteiger partial charge in [-0.3, -0.25) is 0 Å². The van der Waals surface area contributed by atoms with Crippen molar-refractivity contribution in [2.24, 2.45) is 0 Å². The van der Waals surface area contributed by atoms with Crippen LogP contribution >= 0.6 is 36.4 Å². The molecule has 3 aromatic rings. The van der Waals surface area contributed by atoms with E-state index in [1.807, 2.05) is 18.2 Å². The van der Waals surface area contributed by atoms with Gasteiger partial charge in [0, 0.05) is 16.8 Å². The second-order valence-corrected chi connectivity index (χ2v) is 7.14. The molecule has 0 aliphatic rings. The molecule has 5 nitrogen and oxygen atoms in total. The summed E-state index contributed by atoms with van der Waals surface area (Å²) in [4.78, 5) is 21.2. The van der Waals surface area contributed by atoms with Crippen LogP contribution < -0.4 is 4.90 Å². The minimum absolute atomic E-state index is 0.200. The summed E-state index contributed by atoms with van der Waals surface area (Å²) < 4.78 is 0.479. The third kappa shape index (κ3) is 4.88. The average molecular weight is 418 g/mol. The van der Waals surface area contributed by atoms with Crippen LogP contribution in [0.25, 0.3) is 0 Å². The first-order chi connectivity index (χ1) is 12.9. The van der Waals surface area contributed by atoms with E-state index in [0.717, 1.165) is 0 Å². The molecule has 1 unspecified atom stereocenters. The molecule has 1 aromatic heterocycles. The van der Waals surface area contributed by atoms with E-state index in [1.54, 1.807) is 47.4 Å². The molecule has 0 bridgehead atoms. The summed E-state index contributed by atoms with van der Waals surface area (Å²) in [7, 11) is 0. The predicted molar refractivity (Wildman–Crippen MR) is 111 cm³/mol.